The third-order valence-corrected chi connectivity index (χ3v) is 12.7. The van der Waals surface area contributed by atoms with Crippen molar-refractivity contribution in [1.29, 1.82) is 0 Å². The van der Waals surface area contributed by atoms with Crippen LogP contribution in [-0.2, 0) is 23.6 Å². The molecule has 2 N–H and O–H groups in total. The number of hydrogen-bond acceptors (Lipinski definition) is 9. The van der Waals surface area contributed by atoms with E-state index in [1.54, 1.807) is 23.5 Å². The molecule has 7 rings (SSSR count). The fourth-order valence-electron chi connectivity index (χ4n) is 6.82. The summed E-state index contributed by atoms with van der Waals surface area (Å²) in [7, 11) is -2.46. The van der Waals surface area contributed by atoms with Gasteiger partial charge >= 0.3 is 0 Å². The Labute approximate surface area is 330 Å². The van der Waals surface area contributed by atoms with E-state index in [1.165, 1.54) is 28.8 Å². The van der Waals surface area contributed by atoms with E-state index >= 15 is 0 Å². The van der Waals surface area contributed by atoms with E-state index < -0.39 is 20.5 Å². The molecule has 1 aliphatic rings. The van der Waals surface area contributed by atoms with Crippen LogP contribution in [0.3, 0.4) is 0 Å². The number of nitrogens with zero attached hydrogens (tertiary/aromatic N) is 5. The standard InChI is InChI=1S/C41H42ClN7O4S2/c1-41(2,28-54-33-12-8-5-9-13-33)43-37-19-16-34(26-39(37)49(50)51)55(52,53)45-40-36-18-15-32(25-38(36)46(3)44-40)48-22-20-47(21-23-48)27-30-24-31(42)14-17-35(30)29-10-6-4-7-11-29/h4-19,24-26,43H,20-23,27-28H2,1-3H3,(H,44,45). The highest BCUT2D eigenvalue weighted by Crippen LogP contribution is 2.35. The fraction of sp³-hybridized carbons (Fsp3) is 0.244. The van der Waals surface area contributed by atoms with E-state index in [4.69, 9.17) is 11.6 Å². The second kappa shape index (κ2) is 16.0. The number of aryl methyl sites for hydroxylation is 1. The summed E-state index contributed by atoms with van der Waals surface area (Å²) in [4.78, 5) is 17.2. The Balaban J connectivity index is 1.03. The molecule has 0 aliphatic carbocycles. The van der Waals surface area contributed by atoms with Crippen molar-refractivity contribution in [3.05, 3.63) is 136 Å². The van der Waals surface area contributed by atoms with Gasteiger partial charge in [0.15, 0.2) is 5.82 Å². The molecule has 0 spiro atoms. The molecule has 2 heterocycles. The van der Waals surface area contributed by atoms with Crippen molar-refractivity contribution in [2.45, 2.75) is 35.7 Å². The Kier molecular flexibility index (Phi) is 11.1. The number of nitro benzene ring substituents is 1. The van der Waals surface area contributed by atoms with Gasteiger partial charge in [-0.2, -0.15) is 5.10 Å². The number of fused-ring (bicyclic) bond motifs is 1. The molecule has 0 saturated carbocycles. The molecular weight excluding hydrogens is 754 g/mol. The van der Waals surface area contributed by atoms with Gasteiger partial charge in [0.1, 0.15) is 5.69 Å². The largest absolute Gasteiger partial charge is 0.374 e. The molecule has 284 valence electrons. The van der Waals surface area contributed by atoms with E-state index in [0.717, 1.165) is 59.9 Å². The van der Waals surface area contributed by atoms with E-state index in [-0.39, 0.29) is 22.1 Å². The third kappa shape index (κ3) is 8.91. The molecule has 0 amide bonds. The predicted octanol–water partition coefficient (Wildman–Crippen LogP) is 8.91. The number of halogens is 1. The number of piperazine rings is 1. The maximum atomic E-state index is 13.7. The quantitative estimate of drug-likeness (QED) is 0.0670. The summed E-state index contributed by atoms with van der Waals surface area (Å²) >= 11 is 8.05. The predicted molar refractivity (Wildman–Crippen MR) is 224 cm³/mol. The van der Waals surface area contributed by atoms with Crippen LogP contribution >= 0.6 is 23.4 Å². The summed E-state index contributed by atoms with van der Waals surface area (Å²) in [6.07, 6.45) is 0. The second-order valence-corrected chi connectivity index (χ2v) is 17.4. The van der Waals surface area contributed by atoms with Crippen molar-refractivity contribution in [2.75, 3.05) is 46.9 Å². The highest BCUT2D eigenvalue weighted by molar-refractivity contribution is 7.99. The molecule has 0 bridgehead atoms. The second-order valence-electron chi connectivity index (χ2n) is 14.3. The first-order valence-electron chi connectivity index (χ1n) is 17.9. The van der Waals surface area contributed by atoms with Crippen molar-refractivity contribution >= 4 is 67.2 Å². The van der Waals surface area contributed by atoms with Crippen LogP contribution in [0.1, 0.15) is 19.4 Å². The number of nitrogens with one attached hydrogen (secondary N) is 2. The number of sulfonamides is 1. The minimum absolute atomic E-state index is 0.147. The summed E-state index contributed by atoms with van der Waals surface area (Å²) in [6.45, 7) is 8.03. The zero-order chi connectivity index (χ0) is 38.7. The highest BCUT2D eigenvalue weighted by Gasteiger charge is 2.27. The van der Waals surface area contributed by atoms with Gasteiger partial charge in [0, 0.05) is 78.1 Å². The normalized spacial score (nSPS) is 13.9. The van der Waals surface area contributed by atoms with Gasteiger partial charge in [0.2, 0.25) is 0 Å². The number of hydrogen-bond donors (Lipinski definition) is 2. The van der Waals surface area contributed by atoms with E-state index in [9.17, 15) is 18.5 Å². The number of anilines is 3. The molecule has 1 aliphatic heterocycles. The molecule has 14 heteroatoms. The van der Waals surface area contributed by atoms with Crippen LogP contribution in [-0.4, -0.2) is 65.5 Å². The average Bonchev–Trinajstić information content (AvgIpc) is 3.48. The molecule has 0 unspecified atom stereocenters. The number of nitro groups is 1. The minimum atomic E-state index is -4.23. The van der Waals surface area contributed by atoms with Crippen LogP contribution in [0.25, 0.3) is 22.0 Å². The Hall–Kier alpha value is -5.08. The van der Waals surface area contributed by atoms with Gasteiger partial charge in [0.05, 0.1) is 15.3 Å². The van der Waals surface area contributed by atoms with Gasteiger partial charge in [-0.05, 0) is 85.1 Å². The Morgan fingerprint density at radius 2 is 1.60 bits per heavy atom. The van der Waals surface area contributed by atoms with Crippen molar-refractivity contribution in [2.24, 2.45) is 7.05 Å². The van der Waals surface area contributed by atoms with Crippen LogP contribution in [0.4, 0.5) is 22.9 Å². The van der Waals surface area contributed by atoms with Gasteiger partial charge in [-0.15, -0.1) is 11.8 Å². The maximum absolute atomic E-state index is 13.7. The van der Waals surface area contributed by atoms with Crippen LogP contribution in [0.15, 0.2) is 125 Å². The number of rotatable bonds is 13. The van der Waals surface area contributed by atoms with Crippen LogP contribution < -0.4 is 14.9 Å². The average molecular weight is 796 g/mol. The summed E-state index contributed by atoms with van der Waals surface area (Å²) in [5.41, 5.74) is 4.68. The van der Waals surface area contributed by atoms with E-state index in [2.05, 4.69) is 49.2 Å². The summed E-state index contributed by atoms with van der Waals surface area (Å²) in [5.74, 6) is 0.772. The molecule has 1 aromatic heterocycles. The molecular formula is C41H42ClN7O4S2. The Morgan fingerprint density at radius 1 is 0.891 bits per heavy atom. The Morgan fingerprint density at radius 3 is 2.31 bits per heavy atom. The SMILES string of the molecule is Cn1nc(NS(=O)(=O)c2ccc(NC(C)(C)CSc3ccccc3)c([N+](=O)[O-])c2)c2ccc(N3CCN(Cc4cc(Cl)ccc4-c4ccccc4)CC3)cc21. The molecule has 0 atom stereocenters. The highest BCUT2D eigenvalue weighted by atomic mass is 35.5. The summed E-state index contributed by atoms with van der Waals surface area (Å²) < 4.78 is 31.5. The van der Waals surface area contributed by atoms with Crippen molar-refractivity contribution in [1.82, 2.24) is 14.7 Å². The molecule has 1 saturated heterocycles. The number of aromatic nitrogens is 2. The lowest BCUT2D eigenvalue weighted by molar-refractivity contribution is -0.384. The van der Waals surface area contributed by atoms with Gasteiger partial charge in [-0.3, -0.25) is 24.4 Å². The van der Waals surface area contributed by atoms with Crippen LogP contribution in [0, 0.1) is 10.1 Å². The lowest BCUT2D eigenvalue weighted by Crippen LogP contribution is -2.46. The molecule has 55 heavy (non-hydrogen) atoms. The van der Waals surface area contributed by atoms with E-state index in [1.807, 2.05) is 86.6 Å². The van der Waals surface area contributed by atoms with Gasteiger partial charge in [0.25, 0.3) is 15.7 Å². The van der Waals surface area contributed by atoms with Crippen molar-refractivity contribution in [3.63, 3.8) is 0 Å². The van der Waals surface area contributed by atoms with Gasteiger partial charge in [-0.1, -0.05) is 66.2 Å². The molecule has 11 nitrogen and oxygen atoms in total. The van der Waals surface area contributed by atoms with Crippen molar-refractivity contribution in [3.8, 4) is 11.1 Å². The maximum Gasteiger partial charge on any atom is 0.293 e. The van der Waals surface area contributed by atoms with E-state index in [0.29, 0.717) is 11.1 Å². The van der Waals surface area contributed by atoms with Crippen LogP contribution in [0.2, 0.25) is 5.02 Å². The fourth-order valence-corrected chi connectivity index (χ4v) is 9.00. The lowest BCUT2D eigenvalue weighted by Gasteiger charge is -2.36. The number of thioether (sulfide) groups is 1. The smallest absolute Gasteiger partial charge is 0.293 e. The van der Waals surface area contributed by atoms with Gasteiger partial charge < -0.3 is 10.2 Å². The monoisotopic (exact) mass is 795 g/mol. The number of benzene rings is 5. The summed E-state index contributed by atoms with van der Waals surface area (Å²) in [5, 5.41) is 21.2. The zero-order valence-corrected chi connectivity index (χ0v) is 33.2. The third-order valence-electron chi connectivity index (χ3n) is 9.64. The van der Waals surface area contributed by atoms with Gasteiger partial charge in [-0.25, -0.2) is 8.42 Å². The molecule has 5 aromatic carbocycles. The minimum Gasteiger partial charge on any atom is -0.374 e. The molecule has 1 fully saturated rings. The molecule has 6 aromatic rings. The zero-order valence-electron chi connectivity index (χ0n) is 30.8. The molecule has 0 radical (unpaired) electrons. The lowest BCUT2D eigenvalue weighted by atomic mass is 9.99. The first-order chi connectivity index (χ1) is 26.3. The topological polar surface area (TPSA) is 126 Å². The first-order valence-corrected chi connectivity index (χ1v) is 20.8. The first kappa shape index (κ1) is 38.2. The summed E-state index contributed by atoms with van der Waals surface area (Å²) in [6, 6.07) is 36.1. The van der Waals surface area contributed by atoms with Crippen LogP contribution in [0.5, 0.6) is 0 Å². The van der Waals surface area contributed by atoms with Crippen molar-refractivity contribution < 1.29 is 13.3 Å². The Bertz CT molecular complexity index is 2440.